The Balaban J connectivity index is 1.57. The summed E-state index contributed by atoms with van der Waals surface area (Å²) >= 11 is 0. The van der Waals surface area contributed by atoms with Gasteiger partial charge in [-0.2, -0.15) is 0 Å². The van der Waals surface area contributed by atoms with Gasteiger partial charge < -0.3 is 25.6 Å². The third kappa shape index (κ3) is 5.16. The highest BCUT2D eigenvalue weighted by atomic mass is 16.5. The number of methoxy groups -OCH3 is 1. The van der Waals surface area contributed by atoms with Crippen molar-refractivity contribution in [1.82, 2.24) is 0 Å². The van der Waals surface area contributed by atoms with E-state index in [9.17, 15) is 9.59 Å². The van der Waals surface area contributed by atoms with Crippen LogP contribution in [0, 0.1) is 0 Å². The topological polar surface area (TPSA) is 82.7 Å². The van der Waals surface area contributed by atoms with E-state index in [0.717, 1.165) is 18.8 Å². The zero-order valence-corrected chi connectivity index (χ0v) is 16.2. The van der Waals surface area contributed by atoms with E-state index in [2.05, 4.69) is 20.9 Å². The zero-order valence-electron chi connectivity index (χ0n) is 16.2. The molecule has 0 unspecified atom stereocenters. The maximum Gasteiger partial charge on any atom is 0.243 e. The molecule has 3 N–H and O–H groups in total. The van der Waals surface area contributed by atoms with Crippen LogP contribution in [-0.2, 0) is 9.59 Å². The summed E-state index contributed by atoms with van der Waals surface area (Å²) in [6, 6.07) is 13.1. The Kier molecular flexibility index (Phi) is 6.37. The summed E-state index contributed by atoms with van der Waals surface area (Å²) in [4.78, 5) is 25.9. The fourth-order valence-electron chi connectivity index (χ4n) is 3.24. The predicted octanol–water partition coefficient (Wildman–Crippen LogP) is 3.30. The third-order valence-corrected chi connectivity index (χ3v) is 4.58. The Morgan fingerprint density at radius 1 is 1.00 bits per heavy atom. The summed E-state index contributed by atoms with van der Waals surface area (Å²) < 4.78 is 5.31. The molecule has 148 valence electrons. The minimum absolute atomic E-state index is 0.0771. The Hall–Kier alpha value is -3.22. The normalized spacial score (nSPS) is 13.1. The maximum atomic E-state index is 12.3. The van der Waals surface area contributed by atoms with Gasteiger partial charge in [-0.15, -0.1) is 0 Å². The van der Waals surface area contributed by atoms with Crippen LogP contribution >= 0.6 is 0 Å². The van der Waals surface area contributed by atoms with Gasteiger partial charge in [-0.1, -0.05) is 0 Å². The Morgan fingerprint density at radius 2 is 1.68 bits per heavy atom. The standard InChI is InChI=1S/C21H26N4O3/c1-15(26)23-17-7-10-20(28-2)19(13-17)22-14-21(27)24-16-5-8-18(9-6-16)25-11-3-4-12-25/h5-10,13,22H,3-4,11-12,14H2,1-2H3,(H,23,26)(H,24,27). The Morgan fingerprint density at radius 3 is 2.32 bits per heavy atom. The van der Waals surface area contributed by atoms with Crippen molar-refractivity contribution in [3.63, 3.8) is 0 Å². The number of rotatable bonds is 7. The highest BCUT2D eigenvalue weighted by Crippen LogP contribution is 2.28. The monoisotopic (exact) mass is 382 g/mol. The van der Waals surface area contributed by atoms with Crippen LogP contribution in [0.25, 0.3) is 0 Å². The summed E-state index contributed by atoms with van der Waals surface area (Å²) in [7, 11) is 1.56. The number of nitrogens with one attached hydrogen (secondary N) is 3. The molecule has 2 amide bonds. The lowest BCUT2D eigenvalue weighted by Crippen LogP contribution is -2.22. The number of hydrogen-bond acceptors (Lipinski definition) is 5. The summed E-state index contributed by atoms with van der Waals surface area (Å²) in [5.41, 5.74) is 3.21. The maximum absolute atomic E-state index is 12.3. The number of benzene rings is 2. The van der Waals surface area contributed by atoms with Crippen molar-refractivity contribution in [1.29, 1.82) is 0 Å². The molecule has 0 aromatic heterocycles. The van der Waals surface area contributed by atoms with E-state index in [1.165, 1.54) is 25.5 Å². The van der Waals surface area contributed by atoms with Crippen LogP contribution in [0.1, 0.15) is 19.8 Å². The number of amides is 2. The number of anilines is 4. The van der Waals surface area contributed by atoms with Crippen LogP contribution in [0.4, 0.5) is 22.7 Å². The van der Waals surface area contributed by atoms with Gasteiger partial charge in [0.05, 0.1) is 19.3 Å². The van der Waals surface area contributed by atoms with Gasteiger partial charge in [0.25, 0.3) is 0 Å². The van der Waals surface area contributed by atoms with Gasteiger partial charge in [0.15, 0.2) is 0 Å². The van der Waals surface area contributed by atoms with Gasteiger partial charge in [-0.3, -0.25) is 9.59 Å². The van der Waals surface area contributed by atoms with Crippen molar-refractivity contribution in [2.24, 2.45) is 0 Å². The fraction of sp³-hybridized carbons (Fsp3) is 0.333. The third-order valence-electron chi connectivity index (χ3n) is 4.58. The average Bonchev–Trinajstić information content (AvgIpc) is 3.21. The van der Waals surface area contributed by atoms with Crippen molar-refractivity contribution < 1.29 is 14.3 Å². The van der Waals surface area contributed by atoms with E-state index >= 15 is 0 Å². The number of carbonyl (C=O) groups excluding carboxylic acids is 2. The minimum Gasteiger partial charge on any atom is -0.495 e. The fourth-order valence-corrected chi connectivity index (χ4v) is 3.24. The molecular weight excluding hydrogens is 356 g/mol. The molecule has 7 heteroatoms. The minimum atomic E-state index is -0.166. The SMILES string of the molecule is COc1ccc(NC(C)=O)cc1NCC(=O)Nc1ccc(N2CCCC2)cc1. The number of ether oxygens (including phenoxy) is 1. The summed E-state index contributed by atoms with van der Waals surface area (Å²) in [5, 5.41) is 8.65. The highest BCUT2D eigenvalue weighted by Gasteiger charge is 2.12. The lowest BCUT2D eigenvalue weighted by Gasteiger charge is -2.18. The van der Waals surface area contributed by atoms with Gasteiger partial charge in [0, 0.05) is 37.1 Å². The van der Waals surface area contributed by atoms with Gasteiger partial charge in [0.1, 0.15) is 5.75 Å². The van der Waals surface area contributed by atoms with Crippen LogP contribution in [-0.4, -0.2) is 38.6 Å². The molecule has 0 spiro atoms. The molecule has 2 aromatic rings. The largest absolute Gasteiger partial charge is 0.495 e. The van der Waals surface area contributed by atoms with Gasteiger partial charge in [-0.05, 0) is 55.3 Å². The van der Waals surface area contributed by atoms with Crippen LogP contribution in [0.3, 0.4) is 0 Å². The highest BCUT2D eigenvalue weighted by molar-refractivity contribution is 5.94. The lowest BCUT2D eigenvalue weighted by atomic mass is 10.2. The second-order valence-electron chi connectivity index (χ2n) is 6.74. The molecule has 7 nitrogen and oxygen atoms in total. The first-order valence-electron chi connectivity index (χ1n) is 9.39. The number of hydrogen-bond donors (Lipinski definition) is 3. The van der Waals surface area contributed by atoms with E-state index < -0.39 is 0 Å². The molecular formula is C21H26N4O3. The molecule has 0 radical (unpaired) electrons. The summed E-state index contributed by atoms with van der Waals surface area (Å²) in [5.74, 6) is 0.268. The second-order valence-corrected chi connectivity index (χ2v) is 6.74. The Bertz CT molecular complexity index is 830. The molecule has 0 aliphatic carbocycles. The summed E-state index contributed by atoms with van der Waals surface area (Å²) in [6.07, 6.45) is 2.47. The van der Waals surface area contributed by atoms with Crippen molar-refractivity contribution in [2.75, 3.05) is 47.6 Å². The first-order valence-corrected chi connectivity index (χ1v) is 9.39. The van der Waals surface area contributed by atoms with E-state index in [1.54, 1.807) is 25.3 Å². The molecule has 0 bridgehead atoms. The quantitative estimate of drug-likeness (QED) is 0.684. The van der Waals surface area contributed by atoms with Crippen LogP contribution in [0.15, 0.2) is 42.5 Å². The second kappa shape index (κ2) is 9.12. The molecule has 0 atom stereocenters. The zero-order chi connectivity index (χ0) is 19.9. The van der Waals surface area contributed by atoms with Gasteiger partial charge in [0.2, 0.25) is 11.8 Å². The first-order chi connectivity index (χ1) is 13.5. The molecule has 28 heavy (non-hydrogen) atoms. The van der Waals surface area contributed by atoms with Crippen molar-refractivity contribution in [2.45, 2.75) is 19.8 Å². The van der Waals surface area contributed by atoms with Crippen LogP contribution in [0.5, 0.6) is 5.75 Å². The van der Waals surface area contributed by atoms with E-state index in [-0.39, 0.29) is 18.4 Å². The first kappa shape index (κ1) is 19.5. The van der Waals surface area contributed by atoms with Gasteiger partial charge >= 0.3 is 0 Å². The molecule has 2 aromatic carbocycles. The molecule has 1 saturated heterocycles. The summed E-state index contributed by atoms with van der Waals surface area (Å²) in [6.45, 7) is 3.71. The molecule has 1 aliphatic heterocycles. The van der Waals surface area contributed by atoms with Gasteiger partial charge in [-0.25, -0.2) is 0 Å². The molecule has 1 fully saturated rings. The Labute approximate surface area is 165 Å². The number of nitrogens with zero attached hydrogens (tertiary/aromatic N) is 1. The average molecular weight is 382 g/mol. The lowest BCUT2D eigenvalue weighted by molar-refractivity contribution is -0.115. The smallest absolute Gasteiger partial charge is 0.243 e. The van der Waals surface area contributed by atoms with Crippen molar-refractivity contribution in [3.8, 4) is 5.75 Å². The van der Waals surface area contributed by atoms with E-state index in [1.807, 2.05) is 24.3 Å². The predicted molar refractivity (Wildman–Crippen MR) is 112 cm³/mol. The molecule has 1 aliphatic rings. The molecule has 0 saturated carbocycles. The molecule has 3 rings (SSSR count). The number of carbonyl (C=O) groups is 2. The van der Waals surface area contributed by atoms with Crippen LogP contribution < -0.4 is 25.6 Å². The van der Waals surface area contributed by atoms with Crippen LogP contribution in [0.2, 0.25) is 0 Å². The van der Waals surface area contributed by atoms with Crippen molar-refractivity contribution in [3.05, 3.63) is 42.5 Å². The van der Waals surface area contributed by atoms with E-state index in [0.29, 0.717) is 17.1 Å². The molecule has 1 heterocycles. The van der Waals surface area contributed by atoms with Crippen molar-refractivity contribution >= 4 is 34.6 Å². The van der Waals surface area contributed by atoms with E-state index in [4.69, 9.17) is 4.74 Å².